The predicted octanol–water partition coefficient (Wildman–Crippen LogP) is 2.59. The van der Waals surface area contributed by atoms with Crippen molar-refractivity contribution in [1.29, 1.82) is 0 Å². The van der Waals surface area contributed by atoms with Gasteiger partial charge in [-0.05, 0) is 53.5 Å². The highest BCUT2D eigenvalue weighted by Gasteiger charge is 2.30. The van der Waals surface area contributed by atoms with E-state index in [-0.39, 0.29) is 0 Å². The zero-order valence-electron chi connectivity index (χ0n) is 12.4. The fourth-order valence-corrected chi connectivity index (χ4v) is 2.70. The lowest BCUT2D eigenvalue weighted by molar-refractivity contribution is -0.0221. The molecule has 5 heteroatoms. The molecule has 1 aliphatic rings. The third kappa shape index (κ3) is 3.34. The van der Waals surface area contributed by atoms with Gasteiger partial charge >= 0.3 is 0 Å². The fourth-order valence-electron chi connectivity index (χ4n) is 2.70. The van der Waals surface area contributed by atoms with Gasteiger partial charge in [0, 0.05) is 18.6 Å². The van der Waals surface area contributed by atoms with Crippen molar-refractivity contribution in [2.24, 2.45) is 0 Å². The van der Waals surface area contributed by atoms with Crippen LogP contribution in [0.2, 0.25) is 0 Å². The summed E-state index contributed by atoms with van der Waals surface area (Å²) in [5, 5.41) is 7.43. The van der Waals surface area contributed by atoms with E-state index in [0.717, 1.165) is 18.7 Å². The van der Waals surface area contributed by atoms with Crippen LogP contribution in [0.5, 0.6) is 0 Å². The summed E-state index contributed by atoms with van der Waals surface area (Å²) in [6.45, 7) is 6.57. The number of ether oxygens (including phenoxy) is 1. The lowest BCUT2D eigenvalue weighted by Crippen LogP contribution is -2.29. The second-order valence-electron chi connectivity index (χ2n) is 5.74. The smallest absolute Gasteiger partial charge is 0.229 e. The standard InChI is InChI=1S/C14H25N3O2/c1-5-18-14(2,3)13-16-12(19-17-13)10-6-8-11(15-4)9-7-10/h10-11,15H,5-9H2,1-4H3. The minimum atomic E-state index is -0.474. The number of rotatable bonds is 5. The molecule has 0 radical (unpaired) electrons. The minimum absolute atomic E-state index is 0.406. The SMILES string of the molecule is CCOC(C)(C)c1noc(C2CCC(NC)CC2)n1. The van der Waals surface area contributed by atoms with Crippen molar-refractivity contribution in [2.45, 2.75) is 64.0 Å². The lowest BCUT2D eigenvalue weighted by Gasteiger charge is -2.25. The van der Waals surface area contributed by atoms with Crippen molar-refractivity contribution >= 4 is 0 Å². The van der Waals surface area contributed by atoms with Gasteiger partial charge in [-0.15, -0.1) is 0 Å². The van der Waals surface area contributed by atoms with Crippen LogP contribution in [-0.4, -0.2) is 29.8 Å². The molecular weight excluding hydrogens is 242 g/mol. The Kier molecular flexibility index (Phi) is 4.58. The van der Waals surface area contributed by atoms with Crippen molar-refractivity contribution in [3.05, 3.63) is 11.7 Å². The monoisotopic (exact) mass is 267 g/mol. The number of nitrogens with zero attached hydrogens (tertiary/aromatic N) is 2. The largest absolute Gasteiger partial charge is 0.368 e. The Labute approximate surface area is 115 Å². The van der Waals surface area contributed by atoms with Crippen LogP contribution in [0.4, 0.5) is 0 Å². The molecule has 0 aliphatic heterocycles. The van der Waals surface area contributed by atoms with Gasteiger partial charge in [0.15, 0.2) is 0 Å². The van der Waals surface area contributed by atoms with Gasteiger partial charge in [0.1, 0.15) is 5.60 Å². The Morgan fingerprint density at radius 3 is 2.58 bits per heavy atom. The lowest BCUT2D eigenvalue weighted by atomic mass is 9.86. The van der Waals surface area contributed by atoms with Crippen molar-refractivity contribution in [2.75, 3.05) is 13.7 Å². The summed E-state index contributed by atoms with van der Waals surface area (Å²) >= 11 is 0. The zero-order valence-corrected chi connectivity index (χ0v) is 12.4. The molecule has 1 N–H and O–H groups in total. The van der Waals surface area contributed by atoms with E-state index in [1.54, 1.807) is 0 Å². The number of hydrogen-bond acceptors (Lipinski definition) is 5. The van der Waals surface area contributed by atoms with Gasteiger partial charge in [0.2, 0.25) is 11.7 Å². The van der Waals surface area contributed by atoms with Gasteiger partial charge in [-0.2, -0.15) is 4.98 Å². The molecule has 1 aromatic heterocycles. The molecule has 1 aliphatic carbocycles. The van der Waals surface area contributed by atoms with E-state index in [4.69, 9.17) is 9.26 Å². The molecule has 0 aromatic carbocycles. The predicted molar refractivity (Wildman–Crippen MR) is 73.0 cm³/mol. The summed E-state index contributed by atoms with van der Waals surface area (Å²) in [4.78, 5) is 4.55. The molecule has 19 heavy (non-hydrogen) atoms. The molecular formula is C14H25N3O2. The Bertz CT molecular complexity index is 395. The summed E-state index contributed by atoms with van der Waals surface area (Å²) in [5.74, 6) is 1.83. The molecule has 0 unspecified atom stereocenters. The Morgan fingerprint density at radius 2 is 2.00 bits per heavy atom. The molecule has 0 saturated heterocycles. The van der Waals surface area contributed by atoms with Gasteiger partial charge in [0.25, 0.3) is 0 Å². The van der Waals surface area contributed by atoms with E-state index in [9.17, 15) is 0 Å². The van der Waals surface area contributed by atoms with Gasteiger partial charge in [-0.25, -0.2) is 0 Å². The van der Waals surface area contributed by atoms with Crippen molar-refractivity contribution in [3.8, 4) is 0 Å². The highest BCUT2D eigenvalue weighted by atomic mass is 16.5. The van der Waals surface area contributed by atoms with Crippen LogP contribution in [0.25, 0.3) is 0 Å². The van der Waals surface area contributed by atoms with E-state index in [0.29, 0.717) is 24.4 Å². The van der Waals surface area contributed by atoms with E-state index in [2.05, 4.69) is 15.5 Å². The van der Waals surface area contributed by atoms with Gasteiger partial charge in [0.05, 0.1) is 0 Å². The molecule has 1 aromatic rings. The maximum Gasteiger partial charge on any atom is 0.229 e. The van der Waals surface area contributed by atoms with Crippen molar-refractivity contribution in [3.63, 3.8) is 0 Å². The molecule has 5 nitrogen and oxygen atoms in total. The average molecular weight is 267 g/mol. The Hall–Kier alpha value is -0.940. The Balaban J connectivity index is 2.01. The van der Waals surface area contributed by atoms with Crippen LogP contribution >= 0.6 is 0 Å². The van der Waals surface area contributed by atoms with Crippen LogP contribution in [-0.2, 0) is 10.3 Å². The van der Waals surface area contributed by atoms with Crippen LogP contribution in [0.1, 0.15) is 64.1 Å². The van der Waals surface area contributed by atoms with Crippen molar-refractivity contribution < 1.29 is 9.26 Å². The summed E-state index contributed by atoms with van der Waals surface area (Å²) in [5.41, 5.74) is -0.474. The Morgan fingerprint density at radius 1 is 1.32 bits per heavy atom. The highest BCUT2D eigenvalue weighted by Crippen LogP contribution is 2.33. The summed E-state index contributed by atoms with van der Waals surface area (Å²) in [6.07, 6.45) is 4.58. The molecule has 0 amide bonds. The summed E-state index contributed by atoms with van der Waals surface area (Å²) < 4.78 is 11.1. The molecule has 1 saturated carbocycles. The number of hydrogen-bond donors (Lipinski definition) is 1. The topological polar surface area (TPSA) is 60.2 Å². The third-order valence-corrected chi connectivity index (χ3v) is 3.97. The van der Waals surface area contributed by atoms with Gasteiger partial charge < -0.3 is 14.6 Å². The molecule has 1 heterocycles. The molecule has 1 fully saturated rings. The van der Waals surface area contributed by atoms with E-state index >= 15 is 0 Å². The van der Waals surface area contributed by atoms with Gasteiger partial charge in [-0.3, -0.25) is 0 Å². The normalized spacial score (nSPS) is 24.6. The quantitative estimate of drug-likeness (QED) is 0.888. The van der Waals surface area contributed by atoms with Crippen LogP contribution in [0.3, 0.4) is 0 Å². The second kappa shape index (κ2) is 6.01. The number of nitrogens with one attached hydrogen (secondary N) is 1. The molecule has 108 valence electrons. The molecule has 0 atom stereocenters. The molecule has 0 spiro atoms. The molecule has 2 rings (SSSR count). The summed E-state index contributed by atoms with van der Waals surface area (Å²) in [6, 6.07) is 0.638. The number of aromatic nitrogens is 2. The van der Waals surface area contributed by atoms with Gasteiger partial charge in [-0.1, -0.05) is 5.16 Å². The first kappa shape index (κ1) is 14.5. The van der Waals surface area contributed by atoms with Crippen LogP contribution in [0.15, 0.2) is 4.52 Å². The van der Waals surface area contributed by atoms with E-state index in [1.165, 1.54) is 12.8 Å². The maximum absolute atomic E-state index is 5.66. The fraction of sp³-hybridized carbons (Fsp3) is 0.857. The van der Waals surface area contributed by atoms with E-state index < -0.39 is 5.60 Å². The highest BCUT2D eigenvalue weighted by molar-refractivity contribution is 5.02. The average Bonchev–Trinajstić information content (AvgIpc) is 2.89. The minimum Gasteiger partial charge on any atom is -0.368 e. The molecule has 0 bridgehead atoms. The first-order valence-electron chi connectivity index (χ1n) is 7.22. The van der Waals surface area contributed by atoms with Crippen LogP contribution in [0, 0.1) is 0 Å². The third-order valence-electron chi connectivity index (χ3n) is 3.97. The second-order valence-corrected chi connectivity index (χ2v) is 5.74. The maximum atomic E-state index is 5.66. The zero-order chi connectivity index (χ0) is 13.9. The first-order valence-corrected chi connectivity index (χ1v) is 7.22. The summed E-state index contributed by atoms with van der Waals surface area (Å²) in [7, 11) is 2.03. The first-order chi connectivity index (χ1) is 9.06. The van der Waals surface area contributed by atoms with Crippen LogP contribution < -0.4 is 5.32 Å². The van der Waals surface area contributed by atoms with E-state index in [1.807, 2.05) is 27.8 Å². The van der Waals surface area contributed by atoms with Crippen molar-refractivity contribution in [1.82, 2.24) is 15.5 Å².